The maximum Gasteiger partial charge on any atom is 0.350 e. The van der Waals surface area contributed by atoms with Gasteiger partial charge < -0.3 is 19.4 Å². The maximum absolute atomic E-state index is 12.6. The van der Waals surface area contributed by atoms with Crippen molar-refractivity contribution >= 4 is 39.1 Å². The van der Waals surface area contributed by atoms with Gasteiger partial charge in [-0.2, -0.15) is 0 Å². The van der Waals surface area contributed by atoms with Gasteiger partial charge in [-0.05, 0) is 36.6 Å². The number of amides is 1. The summed E-state index contributed by atoms with van der Waals surface area (Å²) in [6.45, 7) is 5.05. The van der Waals surface area contributed by atoms with Crippen LogP contribution in [0.2, 0.25) is 0 Å². The smallest absolute Gasteiger partial charge is 0.350 e. The predicted octanol–water partition coefficient (Wildman–Crippen LogP) is 2.76. The van der Waals surface area contributed by atoms with Crippen molar-refractivity contribution in [2.45, 2.75) is 13.5 Å². The van der Waals surface area contributed by atoms with Crippen LogP contribution in [0.25, 0.3) is 10.8 Å². The molecule has 1 N–H and O–H groups in total. The predicted molar refractivity (Wildman–Crippen MR) is 111 cm³/mol. The molecule has 29 heavy (non-hydrogen) atoms. The van der Waals surface area contributed by atoms with Crippen molar-refractivity contribution in [3.63, 3.8) is 0 Å². The Kier molecular flexibility index (Phi) is 6.08. The van der Waals surface area contributed by atoms with Gasteiger partial charge >= 0.3 is 5.97 Å². The Morgan fingerprint density at radius 3 is 2.86 bits per heavy atom. The summed E-state index contributed by atoms with van der Waals surface area (Å²) in [6.07, 6.45) is 3.02. The van der Waals surface area contributed by atoms with Crippen LogP contribution in [0.3, 0.4) is 0 Å². The Balaban J connectivity index is 1.74. The highest BCUT2D eigenvalue weighted by molar-refractivity contribution is 7.17. The van der Waals surface area contributed by atoms with Gasteiger partial charge in [0.05, 0.1) is 12.8 Å². The van der Waals surface area contributed by atoms with Crippen LogP contribution < -0.4 is 15.6 Å². The largest absolute Gasteiger partial charge is 0.497 e. The van der Waals surface area contributed by atoms with Crippen LogP contribution in [-0.4, -0.2) is 35.1 Å². The third-order valence-corrected chi connectivity index (χ3v) is 5.11. The first-order valence-corrected chi connectivity index (χ1v) is 9.47. The molecule has 8 nitrogen and oxygen atoms in total. The van der Waals surface area contributed by atoms with E-state index < -0.39 is 11.9 Å². The van der Waals surface area contributed by atoms with Crippen LogP contribution in [0.15, 0.2) is 47.9 Å². The van der Waals surface area contributed by atoms with E-state index in [0.29, 0.717) is 21.7 Å². The molecular formula is C20H19N3O5S. The van der Waals surface area contributed by atoms with Gasteiger partial charge in [0.1, 0.15) is 23.8 Å². The fraction of sp³-hybridized carbons (Fsp3) is 0.200. The SMILES string of the molecule is C=CCOC(=O)c1sc(NC(=O)Cn2ccc3cc(OC)ccc3c2=O)nc1C. The molecule has 9 heteroatoms. The van der Waals surface area contributed by atoms with Crippen molar-refractivity contribution in [1.29, 1.82) is 0 Å². The van der Waals surface area contributed by atoms with Crippen molar-refractivity contribution in [2.75, 3.05) is 19.0 Å². The van der Waals surface area contributed by atoms with Crippen molar-refractivity contribution < 1.29 is 19.1 Å². The summed E-state index contributed by atoms with van der Waals surface area (Å²) in [6, 6.07) is 6.86. The second-order valence-electron chi connectivity index (χ2n) is 6.07. The summed E-state index contributed by atoms with van der Waals surface area (Å²) in [7, 11) is 1.55. The second kappa shape index (κ2) is 8.70. The number of ether oxygens (including phenoxy) is 2. The first-order chi connectivity index (χ1) is 13.9. The number of pyridine rings is 1. The molecule has 3 aromatic rings. The molecule has 0 aliphatic heterocycles. The average molecular weight is 413 g/mol. The lowest BCUT2D eigenvalue weighted by Gasteiger charge is -2.08. The minimum absolute atomic E-state index is 0.0919. The normalized spacial score (nSPS) is 10.6. The van der Waals surface area contributed by atoms with Gasteiger partial charge in [-0.3, -0.25) is 9.59 Å². The first kappa shape index (κ1) is 20.3. The lowest BCUT2D eigenvalue weighted by molar-refractivity contribution is -0.116. The van der Waals surface area contributed by atoms with E-state index in [-0.39, 0.29) is 23.8 Å². The number of anilines is 1. The van der Waals surface area contributed by atoms with Crippen molar-refractivity contribution in [3.8, 4) is 5.75 Å². The van der Waals surface area contributed by atoms with Crippen LogP contribution in [0, 0.1) is 6.92 Å². The molecule has 1 amide bonds. The van der Waals surface area contributed by atoms with E-state index in [1.165, 1.54) is 10.6 Å². The monoisotopic (exact) mass is 413 g/mol. The van der Waals surface area contributed by atoms with Crippen LogP contribution in [0.4, 0.5) is 5.13 Å². The number of carbonyl (C=O) groups is 2. The maximum atomic E-state index is 12.6. The summed E-state index contributed by atoms with van der Waals surface area (Å²) in [4.78, 5) is 41.4. The molecule has 150 valence electrons. The molecule has 2 heterocycles. The molecule has 0 atom stereocenters. The van der Waals surface area contributed by atoms with E-state index in [1.807, 2.05) is 0 Å². The molecule has 0 bridgehead atoms. The first-order valence-electron chi connectivity index (χ1n) is 8.65. The lowest BCUT2D eigenvalue weighted by Crippen LogP contribution is -2.27. The number of rotatable bonds is 7. The van der Waals surface area contributed by atoms with Gasteiger partial charge in [-0.25, -0.2) is 9.78 Å². The molecule has 0 aliphatic rings. The molecular weight excluding hydrogens is 394 g/mol. The zero-order valence-electron chi connectivity index (χ0n) is 15.9. The highest BCUT2D eigenvalue weighted by Gasteiger charge is 2.18. The summed E-state index contributed by atoms with van der Waals surface area (Å²) in [5.74, 6) is -0.310. The number of hydrogen-bond donors (Lipinski definition) is 1. The number of hydrogen-bond acceptors (Lipinski definition) is 7. The Bertz CT molecular complexity index is 1150. The number of methoxy groups -OCH3 is 1. The Labute approximate surface area is 170 Å². The number of nitrogens with zero attached hydrogens (tertiary/aromatic N) is 2. The summed E-state index contributed by atoms with van der Waals surface area (Å²) in [5, 5.41) is 4.09. The highest BCUT2D eigenvalue weighted by Crippen LogP contribution is 2.23. The number of carbonyl (C=O) groups excluding carboxylic acids is 2. The Morgan fingerprint density at radius 2 is 2.14 bits per heavy atom. The molecule has 0 spiro atoms. The third kappa shape index (κ3) is 4.52. The fourth-order valence-electron chi connectivity index (χ4n) is 2.67. The van der Waals surface area contributed by atoms with Gasteiger partial charge in [0.25, 0.3) is 5.56 Å². The van der Waals surface area contributed by atoms with Gasteiger partial charge in [-0.1, -0.05) is 24.0 Å². The molecule has 1 aromatic carbocycles. The molecule has 2 aromatic heterocycles. The fourth-order valence-corrected chi connectivity index (χ4v) is 3.55. The molecule has 0 unspecified atom stereocenters. The number of esters is 1. The minimum atomic E-state index is -0.526. The van der Waals surface area contributed by atoms with E-state index in [9.17, 15) is 14.4 Å². The topological polar surface area (TPSA) is 99.5 Å². The zero-order valence-corrected chi connectivity index (χ0v) is 16.7. The van der Waals surface area contributed by atoms with Gasteiger partial charge in [0, 0.05) is 11.6 Å². The number of nitrogens with one attached hydrogen (secondary N) is 1. The van der Waals surface area contributed by atoms with Crippen LogP contribution in [-0.2, 0) is 16.1 Å². The Morgan fingerprint density at radius 1 is 1.34 bits per heavy atom. The van der Waals surface area contributed by atoms with Crippen molar-refractivity contribution in [3.05, 3.63) is 64.0 Å². The van der Waals surface area contributed by atoms with Crippen molar-refractivity contribution in [1.82, 2.24) is 9.55 Å². The summed E-state index contributed by atoms with van der Waals surface area (Å²) >= 11 is 1.01. The third-order valence-electron chi connectivity index (χ3n) is 4.06. The molecule has 0 aliphatic carbocycles. The number of thiazole rings is 1. The summed E-state index contributed by atoms with van der Waals surface area (Å²) < 4.78 is 11.5. The van der Waals surface area contributed by atoms with Gasteiger partial charge in [0.2, 0.25) is 5.91 Å². The minimum Gasteiger partial charge on any atom is -0.497 e. The molecule has 0 fully saturated rings. The van der Waals surface area contributed by atoms with Crippen LogP contribution >= 0.6 is 11.3 Å². The number of aryl methyl sites for hydroxylation is 1. The quantitative estimate of drug-likeness (QED) is 0.472. The second-order valence-corrected chi connectivity index (χ2v) is 7.07. The standard InChI is InChI=1S/C20H19N3O5S/c1-4-9-28-19(26)17-12(2)21-20(29-17)22-16(24)11-23-8-7-13-10-14(27-3)5-6-15(13)18(23)25/h4-8,10H,1,9,11H2,2-3H3,(H,21,22,24). The van der Waals surface area contributed by atoms with E-state index in [1.54, 1.807) is 44.5 Å². The molecule has 0 radical (unpaired) electrons. The average Bonchev–Trinajstić information content (AvgIpc) is 3.07. The number of benzene rings is 1. The zero-order chi connectivity index (χ0) is 21.0. The van der Waals surface area contributed by atoms with E-state index >= 15 is 0 Å². The molecule has 0 saturated heterocycles. The van der Waals surface area contributed by atoms with Crippen molar-refractivity contribution in [2.24, 2.45) is 0 Å². The van der Waals surface area contributed by atoms with E-state index in [0.717, 1.165) is 16.7 Å². The number of aromatic nitrogens is 2. The number of fused-ring (bicyclic) bond motifs is 1. The lowest BCUT2D eigenvalue weighted by atomic mass is 10.1. The van der Waals surface area contributed by atoms with Crippen LogP contribution in [0.1, 0.15) is 15.4 Å². The van der Waals surface area contributed by atoms with E-state index in [4.69, 9.17) is 9.47 Å². The van der Waals surface area contributed by atoms with Gasteiger partial charge in [-0.15, -0.1) is 0 Å². The molecule has 3 rings (SSSR count). The van der Waals surface area contributed by atoms with Crippen LogP contribution in [0.5, 0.6) is 5.75 Å². The van der Waals surface area contributed by atoms with E-state index in [2.05, 4.69) is 16.9 Å². The highest BCUT2D eigenvalue weighted by atomic mass is 32.1. The van der Waals surface area contributed by atoms with Gasteiger partial charge in [0.15, 0.2) is 5.13 Å². The summed E-state index contributed by atoms with van der Waals surface area (Å²) in [5.41, 5.74) is 0.167. The Hall–Kier alpha value is -3.46. The molecule has 0 saturated carbocycles.